The number of primary amides is 1. The molecule has 2 aliphatic rings. The monoisotopic (exact) mass is 281 g/mol. The first kappa shape index (κ1) is 15.3. The van der Waals surface area contributed by atoms with Gasteiger partial charge in [-0.05, 0) is 56.9 Å². The molecule has 5 heteroatoms. The quantitative estimate of drug-likeness (QED) is 0.801. The van der Waals surface area contributed by atoms with Gasteiger partial charge in [0.05, 0.1) is 0 Å². The minimum Gasteiger partial charge on any atom is -0.370 e. The molecular weight excluding hydrogens is 254 g/mol. The molecule has 20 heavy (non-hydrogen) atoms. The maximum Gasteiger partial charge on any atom is 0.225 e. The van der Waals surface area contributed by atoms with E-state index in [0.717, 1.165) is 58.2 Å². The van der Waals surface area contributed by atoms with Gasteiger partial charge in [-0.25, -0.2) is 0 Å². The molecule has 0 aromatic heterocycles. The molecule has 114 valence electrons. The topological polar surface area (TPSA) is 89.4 Å². The second kappa shape index (κ2) is 7.07. The lowest BCUT2D eigenvalue weighted by Gasteiger charge is -2.36. The number of hydrogen-bond donors (Lipinski definition) is 2. The van der Waals surface area contributed by atoms with Gasteiger partial charge in [0.1, 0.15) is 0 Å². The fourth-order valence-corrected chi connectivity index (χ4v) is 3.55. The van der Waals surface area contributed by atoms with Crippen LogP contribution in [0.25, 0.3) is 0 Å². The van der Waals surface area contributed by atoms with Gasteiger partial charge in [-0.2, -0.15) is 0 Å². The highest BCUT2D eigenvalue weighted by Crippen LogP contribution is 2.31. The molecule has 4 N–H and O–H groups in total. The van der Waals surface area contributed by atoms with E-state index in [-0.39, 0.29) is 11.8 Å². The van der Waals surface area contributed by atoms with Gasteiger partial charge in [-0.15, -0.1) is 0 Å². The summed E-state index contributed by atoms with van der Waals surface area (Å²) in [5, 5.41) is 0. The normalized spacial score (nSPS) is 28.4. The summed E-state index contributed by atoms with van der Waals surface area (Å²) in [4.78, 5) is 25.4. The number of hydrogen-bond acceptors (Lipinski definition) is 3. The lowest BCUT2D eigenvalue weighted by Crippen LogP contribution is -2.43. The summed E-state index contributed by atoms with van der Waals surface area (Å²) in [7, 11) is 0. The Morgan fingerprint density at radius 1 is 0.950 bits per heavy atom. The first-order valence-corrected chi connectivity index (χ1v) is 7.87. The zero-order chi connectivity index (χ0) is 14.5. The molecule has 1 heterocycles. The van der Waals surface area contributed by atoms with Gasteiger partial charge >= 0.3 is 0 Å². The lowest BCUT2D eigenvalue weighted by atomic mass is 9.81. The van der Waals surface area contributed by atoms with Gasteiger partial charge < -0.3 is 16.4 Å². The highest BCUT2D eigenvalue weighted by molar-refractivity contribution is 5.79. The molecule has 0 aromatic rings. The highest BCUT2D eigenvalue weighted by atomic mass is 16.2. The number of amides is 2. The molecule has 1 saturated heterocycles. The molecule has 1 aliphatic heterocycles. The minimum absolute atomic E-state index is 0.200. The Morgan fingerprint density at radius 2 is 1.55 bits per heavy atom. The molecule has 0 aromatic carbocycles. The number of rotatable bonds is 4. The van der Waals surface area contributed by atoms with E-state index in [1.807, 2.05) is 4.90 Å². The number of carbonyl (C=O) groups is 2. The van der Waals surface area contributed by atoms with E-state index in [2.05, 4.69) is 0 Å². The SMILES string of the molecule is NCC1CCC(C(=O)N2CCC(CC(N)=O)CC2)CC1. The Labute approximate surface area is 121 Å². The van der Waals surface area contributed by atoms with Crippen molar-refractivity contribution in [3.8, 4) is 0 Å². The number of piperidine rings is 1. The van der Waals surface area contributed by atoms with E-state index < -0.39 is 0 Å². The predicted octanol–water partition coefficient (Wildman–Crippen LogP) is 0.866. The number of carbonyl (C=O) groups excluding carboxylic acids is 2. The van der Waals surface area contributed by atoms with Gasteiger partial charge in [-0.1, -0.05) is 0 Å². The van der Waals surface area contributed by atoms with Crippen molar-refractivity contribution in [2.45, 2.75) is 44.9 Å². The molecule has 2 rings (SSSR count). The summed E-state index contributed by atoms with van der Waals surface area (Å²) >= 11 is 0. The second-order valence-electron chi connectivity index (χ2n) is 6.39. The number of nitrogens with two attached hydrogens (primary N) is 2. The third kappa shape index (κ3) is 3.95. The summed E-state index contributed by atoms with van der Waals surface area (Å²) < 4.78 is 0. The van der Waals surface area contributed by atoms with Gasteiger partial charge in [0.25, 0.3) is 0 Å². The largest absolute Gasteiger partial charge is 0.370 e. The van der Waals surface area contributed by atoms with Gasteiger partial charge in [0.15, 0.2) is 0 Å². The van der Waals surface area contributed by atoms with Crippen molar-refractivity contribution in [3.63, 3.8) is 0 Å². The summed E-state index contributed by atoms with van der Waals surface area (Å²) in [6.07, 6.45) is 6.43. The first-order chi connectivity index (χ1) is 9.60. The average molecular weight is 281 g/mol. The molecule has 2 fully saturated rings. The molecule has 0 unspecified atom stereocenters. The van der Waals surface area contributed by atoms with Crippen LogP contribution in [0.15, 0.2) is 0 Å². The van der Waals surface area contributed by atoms with Crippen LogP contribution in [0.4, 0.5) is 0 Å². The zero-order valence-corrected chi connectivity index (χ0v) is 12.2. The number of nitrogens with zero attached hydrogens (tertiary/aromatic N) is 1. The summed E-state index contributed by atoms with van der Waals surface area (Å²) in [5.74, 6) is 1.27. The smallest absolute Gasteiger partial charge is 0.225 e. The molecule has 2 amide bonds. The third-order valence-corrected chi connectivity index (χ3v) is 4.95. The van der Waals surface area contributed by atoms with Crippen molar-refractivity contribution in [3.05, 3.63) is 0 Å². The highest BCUT2D eigenvalue weighted by Gasteiger charge is 2.31. The van der Waals surface area contributed by atoms with Gasteiger partial charge in [0.2, 0.25) is 11.8 Å². The average Bonchev–Trinajstić information content (AvgIpc) is 2.47. The molecule has 5 nitrogen and oxygen atoms in total. The Morgan fingerprint density at radius 3 is 2.05 bits per heavy atom. The van der Waals surface area contributed by atoms with Crippen LogP contribution < -0.4 is 11.5 Å². The second-order valence-corrected chi connectivity index (χ2v) is 6.39. The Balaban J connectivity index is 1.76. The number of likely N-dealkylation sites (tertiary alicyclic amines) is 1. The molecule has 0 radical (unpaired) electrons. The van der Waals surface area contributed by atoms with E-state index in [4.69, 9.17) is 11.5 Å². The summed E-state index contributed by atoms with van der Waals surface area (Å²) in [6, 6.07) is 0. The molecule has 0 bridgehead atoms. The lowest BCUT2D eigenvalue weighted by molar-refractivity contribution is -0.138. The summed E-state index contributed by atoms with van der Waals surface area (Å²) in [6.45, 7) is 2.32. The van der Waals surface area contributed by atoms with E-state index in [1.54, 1.807) is 0 Å². The third-order valence-electron chi connectivity index (χ3n) is 4.95. The molecule has 1 saturated carbocycles. The molecular formula is C15H27N3O2. The van der Waals surface area contributed by atoms with Crippen LogP contribution in [0, 0.1) is 17.8 Å². The Hall–Kier alpha value is -1.10. The Kier molecular flexibility index (Phi) is 5.40. The minimum atomic E-state index is -0.227. The molecule has 1 aliphatic carbocycles. The zero-order valence-electron chi connectivity index (χ0n) is 12.2. The van der Waals surface area contributed by atoms with Gasteiger partial charge in [-0.3, -0.25) is 9.59 Å². The fourth-order valence-electron chi connectivity index (χ4n) is 3.55. The van der Waals surface area contributed by atoms with Crippen molar-refractivity contribution in [1.82, 2.24) is 4.90 Å². The maximum absolute atomic E-state index is 12.5. The van der Waals surface area contributed by atoms with Crippen LogP contribution in [0.5, 0.6) is 0 Å². The fraction of sp³-hybridized carbons (Fsp3) is 0.867. The van der Waals surface area contributed by atoms with E-state index >= 15 is 0 Å². The molecule has 0 atom stereocenters. The standard InChI is InChI=1S/C15H27N3O2/c16-10-12-1-3-13(4-2-12)15(20)18-7-5-11(6-8-18)9-14(17)19/h11-13H,1-10,16H2,(H2,17,19). The van der Waals surface area contributed by atoms with Crippen LogP contribution in [0.2, 0.25) is 0 Å². The van der Waals surface area contributed by atoms with Crippen LogP contribution in [0.1, 0.15) is 44.9 Å². The maximum atomic E-state index is 12.5. The van der Waals surface area contributed by atoms with Crippen molar-refractivity contribution in [1.29, 1.82) is 0 Å². The first-order valence-electron chi connectivity index (χ1n) is 7.87. The predicted molar refractivity (Wildman–Crippen MR) is 77.6 cm³/mol. The van der Waals surface area contributed by atoms with Crippen LogP contribution >= 0.6 is 0 Å². The van der Waals surface area contributed by atoms with Crippen molar-refractivity contribution < 1.29 is 9.59 Å². The van der Waals surface area contributed by atoms with E-state index in [0.29, 0.717) is 24.2 Å². The van der Waals surface area contributed by atoms with Gasteiger partial charge in [0, 0.05) is 25.4 Å². The summed E-state index contributed by atoms with van der Waals surface area (Å²) in [5.41, 5.74) is 10.9. The van der Waals surface area contributed by atoms with E-state index in [1.165, 1.54) is 0 Å². The van der Waals surface area contributed by atoms with Crippen LogP contribution in [0.3, 0.4) is 0 Å². The van der Waals surface area contributed by atoms with E-state index in [9.17, 15) is 9.59 Å². The van der Waals surface area contributed by atoms with Crippen molar-refractivity contribution in [2.24, 2.45) is 29.2 Å². The van der Waals surface area contributed by atoms with Crippen LogP contribution in [-0.2, 0) is 9.59 Å². The Bertz CT molecular complexity index is 343. The van der Waals surface area contributed by atoms with Crippen LogP contribution in [-0.4, -0.2) is 36.3 Å². The van der Waals surface area contributed by atoms with Crippen molar-refractivity contribution in [2.75, 3.05) is 19.6 Å². The molecule has 0 spiro atoms. The van der Waals surface area contributed by atoms with Crippen molar-refractivity contribution >= 4 is 11.8 Å².